The van der Waals surface area contributed by atoms with Crippen molar-refractivity contribution in [2.45, 2.75) is 13.8 Å². The van der Waals surface area contributed by atoms with Crippen LogP contribution >= 0.6 is 0 Å². The fraction of sp³-hybridized carbons (Fsp3) is 0.0417. The molecular formula is C48H40N2. The van der Waals surface area contributed by atoms with Crippen molar-refractivity contribution >= 4 is 57.4 Å². The average molecular weight is 645 g/mol. The molecule has 242 valence electrons. The first kappa shape index (κ1) is 32.2. The molecule has 0 fully saturated rings. The molecule has 0 heterocycles. The molecule has 0 aromatic heterocycles. The summed E-state index contributed by atoms with van der Waals surface area (Å²) in [6.07, 6.45) is 4.51. The minimum Gasteiger partial charge on any atom is -0.311 e. The van der Waals surface area contributed by atoms with Crippen LogP contribution in [0, 0.1) is 0 Å². The van der Waals surface area contributed by atoms with E-state index in [0.29, 0.717) is 0 Å². The third-order valence-corrected chi connectivity index (χ3v) is 8.92. The van der Waals surface area contributed by atoms with Gasteiger partial charge in [-0.25, -0.2) is 0 Å². The van der Waals surface area contributed by atoms with Crippen molar-refractivity contribution in [3.8, 4) is 0 Å². The highest BCUT2D eigenvalue weighted by Crippen LogP contribution is 2.36. The normalized spacial score (nSPS) is 11.6. The molecule has 0 amide bonds. The molecule has 2 heteroatoms. The Morgan fingerprint density at radius 1 is 0.300 bits per heavy atom. The lowest BCUT2D eigenvalue weighted by atomic mass is 9.99. The van der Waals surface area contributed by atoms with E-state index in [2.05, 4.69) is 230 Å². The van der Waals surface area contributed by atoms with Crippen LogP contribution in [0.2, 0.25) is 0 Å². The summed E-state index contributed by atoms with van der Waals surface area (Å²) >= 11 is 0. The zero-order valence-corrected chi connectivity index (χ0v) is 28.5. The molecule has 0 atom stereocenters. The molecule has 7 aromatic rings. The molecule has 7 aromatic carbocycles. The molecule has 0 saturated carbocycles. The fourth-order valence-corrected chi connectivity index (χ4v) is 6.30. The molecule has 2 nitrogen and oxygen atoms in total. The highest BCUT2D eigenvalue weighted by Gasteiger charge is 2.13. The first-order valence-electron chi connectivity index (χ1n) is 17.1. The van der Waals surface area contributed by atoms with Crippen molar-refractivity contribution in [2.24, 2.45) is 0 Å². The summed E-state index contributed by atoms with van der Waals surface area (Å²) in [5.41, 5.74) is 14.0. The summed E-state index contributed by atoms with van der Waals surface area (Å²) in [7, 11) is 0. The molecule has 0 N–H and O–H groups in total. The second kappa shape index (κ2) is 15.2. The van der Waals surface area contributed by atoms with Gasteiger partial charge in [0.2, 0.25) is 0 Å². The third-order valence-electron chi connectivity index (χ3n) is 8.92. The van der Waals surface area contributed by atoms with Gasteiger partial charge in [-0.1, -0.05) is 133 Å². The zero-order valence-electron chi connectivity index (χ0n) is 28.5. The Morgan fingerprint density at radius 2 is 0.540 bits per heavy atom. The van der Waals surface area contributed by atoms with Crippen LogP contribution in [0.1, 0.15) is 36.1 Å². The molecule has 0 aliphatic carbocycles. The minimum atomic E-state index is 1.13. The topological polar surface area (TPSA) is 6.48 Å². The van der Waals surface area contributed by atoms with Gasteiger partial charge in [0.25, 0.3) is 0 Å². The van der Waals surface area contributed by atoms with Gasteiger partial charge in [0.15, 0.2) is 0 Å². The lowest BCUT2D eigenvalue weighted by molar-refractivity contribution is 1.28. The van der Waals surface area contributed by atoms with E-state index < -0.39 is 0 Å². The van der Waals surface area contributed by atoms with Crippen molar-refractivity contribution in [3.63, 3.8) is 0 Å². The minimum absolute atomic E-state index is 1.13. The molecule has 0 saturated heterocycles. The summed E-state index contributed by atoms with van der Waals surface area (Å²) in [6, 6.07) is 68.5. The molecule has 0 radical (unpaired) electrons. The van der Waals surface area contributed by atoms with Crippen LogP contribution in [0.15, 0.2) is 194 Å². The molecule has 7 rings (SSSR count). The van der Waals surface area contributed by atoms with Crippen LogP contribution in [-0.4, -0.2) is 0 Å². The number of nitrogens with zero attached hydrogens (tertiary/aromatic N) is 2. The fourth-order valence-electron chi connectivity index (χ4n) is 6.30. The Kier molecular flexibility index (Phi) is 9.80. The standard InChI is InChI=1S/C48H40N2/c1-37(35-39-23-31-47(32-24-39)49(43-15-7-3-8-16-43)44-17-9-4-10-18-44)41-27-29-42(30-28-41)38(2)36-40-25-33-48(34-26-40)50(45-19-11-5-12-20-45)46-21-13-6-14-22-46/h3-36H,1-2H3/b37-35+,38-36+. The van der Waals surface area contributed by atoms with E-state index in [9.17, 15) is 0 Å². The maximum Gasteiger partial charge on any atom is 0.0462 e. The van der Waals surface area contributed by atoms with Gasteiger partial charge < -0.3 is 9.80 Å². The summed E-state index contributed by atoms with van der Waals surface area (Å²) < 4.78 is 0. The van der Waals surface area contributed by atoms with Crippen molar-refractivity contribution in [2.75, 3.05) is 9.80 Å². The number of allylic oxidation sites excluding steroid dienone is 2. The maximum absolute atomic E-state index is 2.29. The molecule has 50 heavy (non-hydrogen) atoms. The Hall–Kier alpha value is -6.38. The van der Waals surface area contributed by atoms with Gasteiger partial charge in [0.1, 0.15) is 0 Å². The van der Waals surface area contributed by atoms with Gasteiger partial charge in [-0.2, -0.15) is 0 Å². The Morgan fingerprint density at radius 3 is 0.800 bits per heavy atom. The number of para-hydroxylation sites is 4. The lowest BCUT2D eigenvalue weighted by Gasteiger charge is -2.25. The molecular weight excluding hydrogens is 605 g/mol. The average Bonchev–Trinajstić information content (AvgIpc) is 3.18. The van der Waals surface area contributed by atoms with Gasteiger partial charge in [-0.3, -0.25) is 0 Å². The summed E-state index contributed by atoms with van der Waals surface area (Å²) in [5.74, 6) is 0. The van der Waals surface area contributed by atoms with E-state index in [-0.39, 0.29) is 0 Å². The predicted molar refractivity (Wildman–Crippen MR) is 216 cm³/mol. The van der Waals surface area contributed by atoms with Gasteiger partial charge in [0.05, 0.1) is 0 Å². The van der Waals surface area contributed by atoms with Gasteiger partial charge >= 0.3 is 0 Å². The Balaban J connectivity index is 1.06. The summed E-state index contributed by atoms with van der Waals surface area (Å²) in [4.78, 5) is 4.57. The van der Waals surface area contributed by atoms with Crippen LogP contribution < -0.4 is 9.80 Å². The summed E-state index contributed by atoms with van der Waals surface area (Å²) in [6.45, 7) is 4.36. The van der Waals surface area contributed by atoms with E-state index in [1.54, 1.807) is 0 Å². The second-order valence-corrected chi connectivity index (χ2v) is 12.4. The first-order valence-corrected chi connectivity index (χ1v) is 17.1. The van der Waals surface area contributed by atoms with Gasteiger partial charge in [-0.05, 0) is 120 Å². The molecule has 0 bridgehead atoms. The first-order chi connectivity index (χ1) is 24.6. The van der Waals surface area contributed by atoms with Crippen LogP contribution in [0.4, 0.5) is 34.1 Å². The molecule has 0 spiro atoms. The monoisotopic (exact) mass is 644 g/mol. The van der Waals surface area contributed by atoms with Gasteiger partial charge in [0, 0.05) is 34.1 Å². The highest BCUT2D eigenvalue weighted by atomic mass is 15.1. The zero-order chi connectivity index (χ0) is 34.1. The van der Waals surface area contributed by atoms with Crippen LogP contribution in [0.25, 0.3) is 23.3 Å². The van der Waals surface area contributed by atoms with Crippen LogP contribution in [0.3, 0.4) is 0 Å². The van der Waals surface area contributed by atoms with E-state index in [0.717, 1.165) is 34.1 Å². The SMILES string of the molecule is C/C(=C\c1ccc(N(c2ccccc2)c2ccccc2)cc1)c1ccc(/C(C)=C/c2ccc(N(c3ccccc3)c3ccccc3)cc2)cc1. The lowest BCUT2D eigenvalue weighted by Crippen LogP contribution is -2.09. The van der Waals surface area contributed by atoms with Crippen molar-refractivity contribution in [1.29, 1.82) is 0 Å². The highest BCUT2D eigenvalue weighted by molar-refractivity contribution is 5.85. The molecule has 0 aliphatic heterocycles. The Bertz CT molecular complexity index is 1930. The number of anilines is 6. The summed E-state index contributed by atoms with van der Waals surface area (Å²) in [5, 5.41) is 0. The number of hydrogen-bond donors (Lipinski definition) is 0. The second-order valence-electron chi connectivity index (χ2n) is 12.4. The van der Waals surface area contributed by atoms with Crippen molar-refractivity contribution in [3.05, 3.63) is 216 Å². The smallest absolute Gasteiger partial charge is 0.0462 e. The Labute approximate surface area is 296 Å². The number of hydrogen-bond acceptors (Lipinski definition) is 2. The van der Waals surface area contributed by atoms with Crippen molar-refractivity contribution < 1.29 is 0 Å². The molecule has 0 unspecified atom stereocenters. The maximum atomic E-state index is 2.29. The van der Waals surface area contributed by atoms with Crippen molar-refractivity contribution in [1.82, 2.24) is 0 Å². The third kappa shape index (κ3) is 7.51. The number of rotatable bonds is 10. The molecule has 0 aliphatic rings. The van der Waals surface area contributed by atoms with Crippen LogP contribution in [-0.2, 0) is 0 Å². The van der Waals surface area contributed by atoms with Gasteiger partial charge in [-0.15, -0.1) is 0 Å². The van der Waals surface area contributed by atoms with E-state index >= 15 is 0 Å². The van der Waals surface area contributed by atoms with Crippen LogP contribution in [0.5, 0.6) is 0 Å². The predicted octanol–water partition coefficient (Wildman–Crippen LogP) is 13.7. The quantitative estimate of drug-likeness (QED) is 0.137. The van der Waals surface area contributed by atoms with E-state index in [1.807, 2.05) is 0 Å². The van der Waals surface area contributed by atoms with E-state index in [1.165, 1.54) is 33.4 Å². The largest absolute Gasteiger partial charge is 0.311 e. The van der Waals surface area contributed by atoms with E-state index in [4.69, 9.17) is 0 Å². The number of benzene rings is 7.